The van der Waals surface area contributed by atoms with Crippen LogP contribution in [0.1, 0.15) is 50.4 Å². The molecule has 2 heterocycles. The van der Waals surface area contributed by atoms with E-state index in [2.05, 4.69) is 32.0 Å². The van der Waals surface area contributed by atoms with Gasteiger partial charge in [-0.3, -0.25) is 0 Å². The average Bonchev–Trinajstić information content (AvgIpc) is 2.83. The first-order valence-corrected chi connectivity index (χ1v) is 12.2. The molecule has 2 fully saturated rings. The summed E-state index contributed by atoms with van der Waals surface area (Å²) in [4.78, 5) is 0. The van der Waals surface area contributed by atoms with Crippen LogP contribution in [-0.4, -0.2) is 53.9 Å². The Bertz CT molecular complexity index is 895. The van der Waals surface area contributed by atoms with E-state index in [1.54, 1.807) is 14.2 Å². The molecule has 2 aliphatic rings. The molecule has 6 heteroatoms. The van der Waals surface area contributed by atoms with Crippen molar-refractivity contribution in [2.24, 2.45) is 10.8 Å². The highest BCUT2D eigenvalue weighted by Gasteiger charge is 2.40. The maximum absolute atomic E-state index is 6.44. The van der Waals surface area contributed by atoms with Crippen LogP contribution in [0.2, 0.25) is 0 Å². The maximum atomic E-state index is 6.44. The maximum Gasteiger partial charge on any atom is 0.184 e. The van der Waals surface area contributed by atoms with E-state index in [0.717, 1.165) is 61.5 Å². The van der Waals surface area contributed by atoms with Crippen molar-refractivity contribution in [2.45, 2.75) is 39.3 Å². The predicted molar refractivity (Wildman–Crippen MR) is 130 cm³/mol. The summed E-state index contributed by atoms with van der Waals surface area (Å²) in [6.07, 6.45) is 0.896. The lowest BCUT2D eigenvalue weighted by Crippen LogP contribution is -2.46. The van der Waals surface area contributed by atoms with Crippen molar-refractivity contribution in [2.75, 3.05) is 53.9 Å². The van der Waals surface area contributed by atoms with Gasteiger partial charge in [-0.05, 0) is 24.0 Å². The third-order valence-corrected chi connectivity index (χ3v) is 7.36. The van der Waals surface area contributed by atoms with Crippen LogP contribution in [0.25, 0.3) is 11.1 Å². The first-order chi connectivity index (χ1) is 16.6. The Kier molecular flexibility index (Phi) is 8.40. The van der Waals surface area contributed by atoms with E-state index in [0.29, 0.717) is 13.2 Å². The highest BCUT2D eigenvalue weighted by molar-refractivity contribution is 5.69. The van der Waals surface area contributed by atoms with Gasteiger partial charge in [0.25, 0.3) is 0 Å². The minimum atomic E-state index is -0.566. The SMILES string of the molecule is CCC1(COC(OC)c2cccc(-c3ccccc3)c2C(OC)OCC2(CC)COC2)COC1. The van der Waals surface area contributed by atoms with Gasteiger partial charge in [-0.2, -0.15) is 0 Å². The molecule has 0 radical (unpaired) electrons. The monoisotopic (exact) mass is 470 g/mol. The standard InChI is InChI=1S/C28H38O6/c1-5-27(15-31-16-27)19-33-25(29-3)23-14-10-13-22(21-11-8-7-9-12-21)24(23)26(30-4)34-20-28(6-2)17-32-18-28/h7-14,25-26H,5-6,15-20H2,1-4H3. The summed E-state index contributed by atoms with van der Waals surface area (Å²) < 4.78 is 35.6. The third-order valence-electron chi connectivity index (χ3n) is 7.36. The van der Waals surface area contributed by atoms with Crippen molar-refractivity contribution >= 4 is 0 Å². The fourth-order valence-electron chi connectivity index (χ4n) is 4.54. The summed E-state index contributed by atoms with van der Waals surface area (Å²) in [7, 11) is 3.37. The van der Waals surface area contributed by atoms with E-state index >= 15 is 0 Å². The molecule has 2 aromatic rings. The van der Waals surface area contributed by atoms with Gasteiger partial charge in [-0.25, -0.2) is 0 Å². The summed E-state index contributed by atoms with van der Waals surface area (Å²) in [5.74, 6) is 0. The normalized spacial score (nSPS) is 20.2. The molecule has 0 saturated carbocycles. The Morgan fingerprint density at radius 3 is 1.76 bits per heavy atom. The van der Waals surface area contributed by atoms with Gasteiger partial charge in [0.2, 0.25) is 0 Å². The quantitative estimate of drug-likeness (QED) is 0.359. The van der Waals surface area contributed by atoms with Gasteiger partial charge < -0.3 is 28.4 Å². The topological polar surface area (TPSA) is 55.4 Å². The summed E-state index contributed by atoms with van der Waals surface area (Å²) >= 11 is 0. The summed E-state index contributed by atoms with van der Waals surface area (Å²) in [6, 6.07) is 16.5. The van der Waals surface area contributed by atoms with Crippen molar-refractivity contribution in [1.29, 1.82) is 0 Å². The van der Waals surface area contributed by atoms with Crippen LogP contribution < -0.4 is 0 Å². The highest BCUT2D eigenvalue weighted by atomic mass is 16.7. The number of hydrogen-bond donors (Lipinski definition) is 0. The zero-order valence-electron chi connectivity index (χ0n) is 20.9. The van der Waals surface area contributed by atoms with E-state index in [1.165, 1.54) is 0 Å². The molecule has 0 spiro atoms. The van der Waals surface area contributed by atoms with E-state index in [4.69, 9.17) is 28.4 Å². The molecular formula is C28H38O6. The number of hydrogen-bond acceptors (Lipinski definition) is 6. The first kappa shape index (κ1) is 25.3. The van der Waals surface area contributed by atoms with Gasteiger partial charge >= 0.3 is 0 Å². The molecule has 0 bridgehead atoms. The minimum Gasteiger partial charge on any atom is -0.380 e. The molecule has 34 heavy (non-hydrogen) atoms. The van der Waals surface area contributed by atoms with Crippen molar-refractivity contribution in [1.82, 2.24) is 0 Å². The fourth-order valence-corrected chi connectivity index (χ4v) is 4.54. The van der Waals surface area contributed by atoms with Gasteiger partial charge in [0.1, 0.15) is 0 Å². The lowest BCUT2D eigenvalue weighted by Gasteiger charge is -2.42. The van der Waals surface area contributed by atoms with Gasteiger partial charge in [-0.15, -0.1) is 0 Å². The Balaban J connectivity index is 1.67. The van der Waals surface area contributed by atoms with Crippen LogP contribution in [0, 0.1) is 10.8 Å². The molecule has 0 N–H and O–H groups in total. The molecule has 0 aromatic heterocycles. The van der Waals surface area contributed by atoms with Gasteiger partial charge in [0, 0.05) is 36.2 Å². The Labute approximate surface area is 203 Å². The van der Waals surface area contributed by atoms with Crippen molar-refractivity contribution < 1.29 is 28.4 Å². The van der Waals surface area contributed by atoms with Crippen molar-refractivity contribution in [3.05, 3.63) is 59.7 Å². The first-order valence-electron chi connectivity index (χ1n) is 12.2. The molecule has 186 valence electrons. The molecule has 4 rings (SSSR count). The molecule has 0 amide bonds. The second-order valence-corrected chi connectivity index (χ2v) is 9.62. The molecule has 2 aliphatic heterocycles. The molecular weight excluding hydrogens is 432 g/mol. The lowest BCUT2D eigenvalue weighted by molar-refractivity contribution is -0.211. The molecule has 0 aliphatic carbocycles. The van der Waals surface area contributed by atoms with E-state index in [1.807, 2.05) is 30.3 Å². The highest BCUT2D eigenvalue weighted by Crippen LogP contribution is 2.41. The smallest absolute Gasteiger partial charge is 0.184 e. The zero-order chi connectivity index (χ0) is 24.0. The molecule has 2 atom stereocenters. The van der Waals surface area contributed by atoms with E-state index in [9.17, 15) is 0 Å². The molecule has 6 nitrogen and oxygen atoms in total. The molecule has 2 aromatic carbocycles. The number of rotatable bonds is 13. The minimum absolute atomic E-state index is 0.0491. The van der Waals surface area contributed by atoms with E-state index in [-0.39, 0.29) is 10.8 Å². The fraction of sp³-hybridized carbons (Fsp3) is 0.571. The Morgan fingerprint density at radius 2 is 1.29 bits per heavy atom. The van der Waals surface area contributed by atoms with Gasteiger partial charge in [0.05, 0.1) is 39.6 Å². The average molecular weight is 471 g/mol. The lowest BCUT2D eigenvalue weighted by atomic mass is 9.84. The van der Waals surface area contributed by atoms with Crippen molar-refractivity contribution in [3.8, 4) is 11.1 Å². The van der Waals surface area contributed by atoms with Crippen LogP contribution in [0.4, 0.5) is 0 Å². The van der Waals surface area contributed by atoms with Crippen molar-refractivity contribution in [3.63, 3.8) is 0 Å². The molecule has 2 saturated heterocycles. The largest absolute Gasteiger partial charge is 0.380 e. The number of benzene rings is 2. The number of ether oxygens (including phenoxy) is 6. The van der Waals surface area contributed by atoms with E-state index < -0.39 is 12.6 Å². The van der Waals surface area contributed by atoms with Crippen LogP contribution in [0.5, 0.6) is 0 Å². The van der Waals surface area contributed by atoms with Crippen LogP contribution in [-0.2, 0) is 28.4 Å². The van der Waals surface area contributed by atoms with Gasteiger partial charge in [0.15, 0.2) is 12.6 Å². The third kappa shape index (κ3) is 5.23. The number of methoxy groups -OCH3 is 2. The second kappa shape index (κ2) is 11.3. The van der Waals surface area contributed by atoms with Gasteiger partial charge in [-0.1, -0.05) is 62.4 Å². The Hall–Kier alpha value is -1.80. The summed E-state index contributed by atoms with van der Waals surface area (Å²) in [6.45, 7) is 8.39. The van der Waals surface area contributed by atoms with Crippen LogP contribution >= 0.6 is 0 Å². The molecule has 2 unspecified atom stereocenters. The summed E-state index contributed by atoms with van der Waals surface area (Å²) in [5.41, 5.74) is 4.09. The Morgan fingerprint density at radius 1 is 0.735 bits per heavy atom. The predicted octanol–water partition coefficient (Wildman–Crippen LogP) is 5.53. The van der Waals surface area contributed by atoms with Crippen LogP contribution in [0.15, 0.2) is 48.5 Å². The summed E-state index contributed by atoms with van der Waals surface area (Å²) in [5, 5.41) is 0. The van der Waals surface area contributed by atoms with Crippen LogP contribution in [0.3, 0.4) is 0 Å². The zero-order valence-corrected chi connectivity index (χ0v) is 20.9. The second-order valence-electron chi connectivity index (χ2n) is 9.62.